The second-order valence-electron chi connectivity index (χ2n) is 2.38. The van der Waals surface area contributed by atoms with E-state index in [2.05, 4.69) is 5.32 Å². The smallest absolute Gasteiger partial charge is 0.390 e. The average molecular weight is 149 g/mol. The molecule has 0 aromatic carbocycles. The van der Waals surface area contributed by atoms with Crippen molar-refractivity contribution >= 4 is 8.80 Å². The number of nitrogens with one attached hydrogen (secondary N) is 1. The molecule has 1 aliphatic heterocycles. The Morgan fingerprint density at radius 3 is 2.22 bits per heavy atom. The van der Waals surface area contributed by atoms with Crippen molar-refractivity contribution in [1.29, 1.82) is 0 Å². The molecule has 1 fully saturated rings. The Labute approximate surface area is 54.5 Å². The zero-order valence-electron chi connectivity index (χ0n) is 5.04. The molecule has 9 heavy (non-hydrogen) atoms. The molecule has 0 amide bonds. The molecule has 0 saturated carbocycles. The van der Waals surface area contributed by atoms with Gasteiger partial charge in [-0.05, 0) is 13.0 Å². The van der Waals surface area contributed by atoms with Gasteiger partial charge in [-0.15, -0.1) is 0 Å². The lowest BCUT2D eigenvalue weighted by molar-refractivity contribution is 0.212. The van der Waals surface area contributed by atoms with Gasteiger partial charge in [0.1, 0.15) is 0 Å². The van der Waals surface area contributed by atoms with Gasteiger partial charge in [-0.3, -0.25) is 0 Å². The highest BCUT2D eigenvalue weighted by molar-refractivity contribution is 6.58. The van der Waals surface area contributed by atoms with Gasteiger partial charge in [-0.1, -0.05) is 0 Å². The zero-order chi connectivity index (χ0) is 6.91. The Morgan fingerprint density at radius 2 is 2.00 bits per heavy atom. The number of hydrogen-bond acceptors (Lipinski definition) is 4. The van der Waals surface area contributed by atoms with E-state index in [1.807, 2.05) is 0 Å². The van der Waals surface area contributed by atoms with Crippen molar-refractivity contribution in [3.63, 3.8) is 0 Å². The minimum absolute atomic E-state index is 0.294. The molecule has 1 saturated heterocycles. The summed E-state index contributed by atoms with van der Waals surface area (Å²) in [7, 11) is -3.79. The second kappa shape index (κ2) is 2.35. The molecule has 5 heteroatoms. The predicted octanol–water partition coefficient (Wildman–Crippen LogP) is -1.73. The summed E-state index contributed by atoms with van der Waals surface area (Å²) in [6, 6.07) is 0. The van der Waals surface area contributed by atoms with E-state index >= 15 is 0 Å². The van der Waals surface area contributed by atoms with E-state index in [1.165, 1.54) is 0 Å². The lowest BCUT2D eigenvalue weighted by Crippen LogP contribution is -2.41. The van der Waals surface area contributed by atoms with E-state index in [0.717, 1.165) is 6.54 Å². The van der Waals surface area contributed by atoms with Gasteiger partial charge >= 0.3 is 8.80 Å². The van der Waals surface area contributed by atoms with Gasteiger partial charge in [0, 0.05) is 12.1 Å². The number of hydrogen-bond donors (Lipinski definition) is 4. The van der Waals surface area contributed by atoms with Gasteiger partial charge in [0.2, 0.25) is 0 Å². The van der Waals surface area contributed by atoms with Crippen LogP contribution in [0.5, 0.6) is 0 Å². The molecule has 0 aromatic heterocycles. The second-order valence-corrected chi connectivity index (χ2v) is 4.57. The van der Waals surface area contributed by atoms with Crippen molar-refractivity contribution in [2.24, 2.45) is 0 Å². The maximum absolute atomic E-state index is 8.73. The van der Waals surface area contributed by atoms with Gasteiger partial charge in [-0.2, -0.15) is 0 Å². The normalized spacial score (nSPS) is 29.0. The van der Waals surface area contributed by atoms with Crippen LogP contribution in [-0.2, 0) is 0 Å². The molecule has 0 radical (unpaired) electrons. The quantitative estimate of drug-likeness (QED) is 0.334. The van der Waals surface area contributed by atoms with Crippen LogP contribution in [0.15, 0.2) is 0 Å². The molecule has 1 heterocycles. The van der Waals surface area contributed by atoms with E-state index in [9.17, 15) is 0 Å². The molecule has 1 rings (SSSR count). The topological polar surface area (TPSA) is 72.7 Å². The van der Waals surface area contributed by atoms with Crippen LogP contribution in [0.4, 0.5) is 0 Å². The Balaban J connectivity index is 2.42. The minimum Gasteiger partial charge on any atom is -0.390 e. The molecular weight excluding hydrogens is 138 g/mol. The van der Waals surface area contributed by atoms with Crippen LogP contribution in [-0.4, -0.2) is 36.3 Å². The highest BCUT2D eigenvalue weighted by Gasteiger charge is 2.40. The molecule has 1 unspecified atom stereocenters. The molecule has 0 spiro atoms. The maximum atomic E-state index is 8.73. The third-order valence-corrected chi connectivity index (χ3v) is 3.20. The van der Waals surface area contributed by atoms with Crippen LogP contribution in [0.2, 0.25) is 5.54 Å². The summed E-state index contributed by atoms with van der Waals surface area (Å²) in [5.74, 6) is 0. The number of rotatable bonds is 1. The monoisotopic (exact) mass is 149 g/mol. The van der Waals surface area contributed by atoms with Crippen LogP contribution >= 0.6 is 0 Å². The van der Waals surface area contributed by atoms with Gasteiger partial charge in [-0.25, -0.2) is 0 Å². The van der Waals surface area contributed by atoms with Gasteiger partial charge < -0.3 is 19.7 Å². The Hall–Kier alpha value is 0.0569. The lowest BCUT2D eigenvalue weighted by atomic mass is 10.4. The van der Waals surface area contributed by atoms with Crippen molar-refractivity contribution < 1.29 is 14.4 Å². The van der Waals surface area contributed by atoms with Gasteiger partial charge in [0.05, 0.1) is 0 Å². The SMILES string of the molecule is O[Si](O)(O)C1CCNC1. The van der Waals surface area contributed by atoms with Gasteiger partial charge in [0.15, 0.2) is 0 Å². The maximum Gasteiger partial charge on any atom is 0.497 e. The third kappa shape index (κ3) is 1.73. The van der Waals surface area contributed by atoms with E-state index in [-0.39, 0.29) is 5.54 Å². The van der Waals surface area contributed by atoms with Crippen molar-refractivity contribution in [2.75, 3.05) is 13.1 Å². The third-order valence-electron chi connectivity index (χ3n) is 1.61. The Kier molecular flexibility index (Phi) is 1.87. The average Bonchev–Trinajstić information content (AvgIpc) is 2.08. The fraction of sp³-hybridized carbons (Fsp3) is 1.00. The van der Waals surface area contributed by atoms with E-state index in [4.69, 9.17) is 14.4 Å². The highest BCUT2D eigenvalue weighted by atomic mass is 28.4. The van der Waals surface area contributed by atoms with Crippen LogP contribution < -0.4 is 5.32 Å². The fourth-order valence-electron chi connectivity index (χ4n) is 0.985. The summed E-state index contributed by atoms with van der Waals surface area (Å²) < 4.78 is 0. The largest absolute Gasteiger partial charge is 0.497 e. The highest BCUT2D eigenvalue weighted by Crippen LogP contribution is 2.20. The fourth-order valence-corrected chi connectivity index (χ4v) is 1.94. The molecule has 54 valence electrons. The summed E-state index contributed by atoms with van der Waals surface area (Å²) in [4.78, 5) is 26.2. The van der Waals surface area contributed by atoms with Crippen LogP contribution in [0.25, 0.3) is 0 Å². The Morgan fingerprint density at radius 1 is 1.33 bits per heavy atom. The van der Waals surface area contributed by atoms with Crippen molar-refractivity contribution in [1.82, 2.24) is 5.32 Å². The van der Waals surface area contributed by atoms with Crippen LogP contribution in [0.1, 0.15) is 6.42 Å². The first-order valence-corrected chi connectivity index (χ1v) is 4.90. The Bertz CT molecular complexity index is 96.5. The summed E-state index contributed by atoms with van der Waals surface area (Å²) >= 11 is 0. The molecule has 0 aliphatic carbocycles. The summed E-state index contributed by atoms with van der Waals surface area (Å²) in [6.45, 7) is 1.32. The molecule has 1 atom stereocenters. The first-order chi connectivity index (χ1) is 4.11. The standard InChI is InChI=1S/C4H11NO3Si/c6-9(7,8)4-1-2-5-3-4/h4-8H,1-3H2. The molecule has 4 N–H and O–H groups in total. The first kappa shape index (κ1) is 7.17. The molecule has 0 aromatic rings. The molecule has 4 nitrogen and oxygen atoms in total. The van der Waals surface area contributed by atoms with Crippen molar-refractivity contribution in [2.45, 2.75) is 12.0 Å². The first-order valence-electron chi connectivity index (χ1n) is 2.98. The zero-order valence-corrected chi connectivity index (χ0v) is 6.04. The van der Waals surface area contributed by atoms with Crippen LogP contribution in [0.3, 0.4) is 0 Å². The minimum atomic E-state index is -3.79. The van der Waals surface area contributed by atoms with E-state index < -0.39 is 8.80 Å². The predicted molar refractivity (Wildman–Crippen MR) is 33.6 cm³/mol. The molecular formula is C4H11NO3Si. The summed E-state index contributed by atoms with van der Waals surface area (Å²) in [6.07, 6.45) is 0.676. The van der Waals surface area contributed by atoms with E-state index in [0.29, 0.717) is 13.0 Å². The van der Waals surface area contributed by atoms with Gasteiger partial charge in [0.25, 0.3) is 0 Å². The molecule has 1 aliphatic rings. The lowest BCUT2D eigenvalue weighted by Gasteiger charge is -2.14. The van der Waals surface area contributed by atoms with Crippen molar-refractivity contribution in [3.8, 4) is 0 Å². The van der Waals surface area contributed by atoms with Crippen LogP contribution in [0, 0.1) is 0 Å². The summed E-state index contributed by atoms with van der Waals surface area (Å²) in [5.41, 5.74) is -0.294. The van der Waals surface area contributed by atoms with E-state index in [1.54, 1.807) is 0 Å². The summed E-state index contributed by atoms with van der Waals surface area (Å²) in [5, 5.41) is 2.93. The molecule has 0 bridgehead atoms. The van der Waals surface area contributed by atoms with Crippen molar-refractivity contribution in [3.05, 3.63) is 0 Å².